The smallest absolute Gasteiger partial charge is 0.243 e. The Balaban J connectivity index is 1.61. The lowest BCUT2D eigenvalue weighted by molar-refractivity contribution is -0.134. The molecule has 1 unspecified atom stereocenters. The highest BCUT2D eigenvalue weighted by Crippen LogP contribution is 2.34. The highest BCUT2D eigenvalue weighted by atomic mass is 35.5. The van der Waals surface area contributed by atoms with Gasteiger partial charge in [-0.2, -0.15) is 4.31 Å². The van der Waals surface area contributed by atoms with E-state index in [1.165, 1.54) is 4.31 Å². The molecule has 0 saturated carbocycles. The van der Waals surface area contributed by atoms with Crippen LogP contribution in [0, 0.1) is 6.92 Å². The second-order valence-corrected chi connectivity index (χ2v) is 9.48. The zero-order valence-electron chi connectivity index (χ0n) is 15.2. The third-order valence-corrected chi connectivity index (χ3v) is 7.75. The summed E-state index contributed by atoms with van der Waals surface area (Å²) in [5, 5.41) is 2.78. The van der Waals surface area contributed by atoms with Crippen LogP contribution in [-0.2, 0) is 32.7 Å². The van der Waals surface area contributed by atoms with Crippen LogP contribution < -0.4 is 5.32 Å². The predicted molar refractivity (Wildman–Crippen MR) is 104 cm³/mol. The summed E-state index contributed by atoms with van der Waals surface area (Å²) in [5.41, 5.74) is 3.14. The molecule has 28 heavy (non-hydrogen) atoms. The second kappa shape index (κ2) is 6.99. The van der Waals surface area contributed by atoms with Crippen molar-refractivity contribution in [3.63, 3.8) is 0 Å². The lowest BCUT2D eigenvalue weighted by atomic mass is 9.89. The summed E-state index contributed by atoms with van der Waals surface area (Å²) in [4.78, 5) is 23.7. The van der Waals surface area contributed by atoms with Gasteiger partial charge >= 0.3 is 0 Å². The van der Waals surface area contributed by atoms with Crippen molar-refractivity contribution < 1.29 is 18.0 Å². The quantitative estimate of drug-likeness (QED) is 0.777. The molecule has 2 aromatic rings. The summed E-state index contributed by atoms with van der Waals surface area (Å²) in [7, 11) is -3.69. The van der Waals surface area contributed by atoms with Crippen molar-refractivity contribution >= 4 is 33.4 Å². The summed E-state index contributed by atoms with van der Waals surface area (Å²) in [6.07, 6.45) is 0.773. The lowest BCUT2D eigenvalue weighted by Crippen LogP contribution is -2.39. The van der Waals surface area contributed by atoms with E-state index in [2.05, 4.69) is 5.32 Å². The molecule has 0 radical (unpaired) electrons. The first-order valence-corrected chi connectivity index (χ1v) is 10.8. The van der Waals surface area contributed by atoms with Gasteiger partial charge in [-0.25, -0.2) is 8.42 Å². The third kappa shape index (κ3) is 3.23. The van der Waals surface area contributed by atoms with Crippen molar-refractivity contribution in [2.24, 2.45) is 0 Å². The Labute approximate surface area is 168 Å². The van der Waals surface area contributed by atoms with E-state index in [1.807, 2.05) is 18.2 Å². The van der Waals surface area contributed by atoms with Crippen molar-refractivity contribution in [3.05, 3.63) is 63.7 Å². The Hall–Kier alpha value is -2.22. The van der Waals surface area contributed by atoms with Crippen molar-refractivity contribution in [2.45, 2.75) is 43.7 Å². The molecular formula is C20H19ClN2O4S. The molecule has 146 valence electrons. The Morgan fingerprint density at radius 1 is 1.11 bits per heavy atom. The fourth-order valence-corrected chi connectivity index (χ4v) is 5.66. The lowest BCUT2D eigenvalue weighted by Gasteiger charge is -2.21. The fraction of sp³-hybridized carbons (Fsp3) is 0.300. The topological polar surface area (TPSA) is 83.6 Å². The molecule has 0 aromatic heterocycles. The highest BCUT2D eigenvalue weighted by Gasteiger charge is 2.34. The first kappa shape index (κ1) is 19.1. The van der Waals surface area contributed by atoms with Crippen molar-refractivity contribution in [1.29, 1.82) is 0 Å². The van der Waals surface area contributed by atoms with Gasteiger partial charge in [-0.3, -0.25) is 14.9 Å². The number of sulfonamides is 1. The number of amides is 2. The van der Waals surface area contributed by atoms with Gasteiger partial charge in [0.1, 0.15) is 0 Å². The maximum atomic E-state index is 13.1. The Kier molecular flexibility index (Phi) is 4.77. The van der Waals surface area contributed by atoms with Gasteiger partial charge in [0.25, 0.3) is 0 Å². The van der Waals surface area contributed by atoms with Crippen molar-refractivity contribution in [1.82, 2.24) is 9.62 Å². The zero-order chi connectivity index (χ0) is 20.1. The highest BCUT2D eigenvalue weighted by molar-refractivity contribution is 7.89. The van der Waals surface area contributed by atoms with E-state index in [4.69, 9.17) is 11.6 Å². The van der Waals surface area contributed by atoms with Crippen LogP contribution in [0.25, 0.3) is 0 Å². The molecule has 0 spiro atoms. The van der Waals surface area contributed by atoms with Gasteiger partial charge in [0, 0.05) is 24.5 Å². The molecule has 1 fully saturated rings. The van der Waals surface area contributed by atoms with Gasteiger partial charge in [-0.05, 0) is 47.7 Å². The largest absolute Gasteiger partial charge is 0.296 e. The monoisotopic (exact) mass is 418 g/mol. The average molecular weight is 419 g/mol. The number of carbonyl (C=O) groups is 2. The number of rotatable bonds is 3. The van der Waals surface area contributed by atoms with Gasteiger partial charge in [-0.15, -0.1) is 0 Å². The number of nitrogens with zero attached hydrogens (tertiary/aromatic N) is 1. The van der Waals surface area contributed by atoms with Crippen LogP contribution in [0.1, 0.15) is 41.0 Å². The van der Waals surface area contributed by atoms with Gasteiger partial charge in [0.05, 0.1) is 10.8 Å². The van der Waals surface area contributed by atoms with Crippen LogP contribution in [0.15, 0.2) is 41.3 Å². The maximum Gasteiger partial charge on any atom is 0.243 e. The van der Waals surface area contributed by atoms with Crippen LogP contribution in [0.4, 0.5) is 0 Å². The van der Waals surface area contributed by atoms with Crippen LogP contribution in [0.3, 0.4) is 0 Å². The summed E-state index contributed by atoms with van der Waals surface area (Å²) in [5.74, 6) is -0.936. The van der Waals surface area contributed by atoms with Crippen LogP contribution in [0.2, 0.25) is 5.02 Å². The summed E-state index contributed by atoms with van der Waals surface area (Å²) >= 11 is 6.10. The maximum absolute atomic E-state index is 13.1. The molecule has 4 rings (SSSR count). The van der Waals surface area contributed by atoms with Gasteiger partial charge in [0.2, 0.25) is 21.8 Å². The number of benzene rings is 2. The van der Waals surface area contributed by atoms with Gasteiger partial charge in [-0.1, -0.05) is 35.9 Å². The molecular weight excluding hydrogens is 400 g/mol. The Morgan fingerprint density at radius 2 is 1.86 bits per heavy atom. The molecule has 0 bridgehead atoms. The average Bonchev–Trinajstić information content (AvgIpc) is 3.08. The van der Waals surface area contributed by atoms with E-state index in [0.717, 1.165) is 16.7 Å². The molecule has 8 heteroatoms. The molecule has 2 aliphatic rings. The van der Waals surface area contributed by atoms with Crippen LogP contribution in [-0.4, -0.2) is 24.5 Å². The second-order valence-electron chi connectivity index (χ2n) is 7.17. The molecule has 2 aromatic carbocycles. The first-order chi connectivity index (χ1) is 13.3. The minimum Gasteiger partial charge on any atom is -0.296 e. The number of fused-ring (bicyclic) bond motifs is 1. The SMILES string of the molecule is Cc1c(Cl)cccc1S(=O)(=O)N1Cc2ccc(C3CCC(=O)NC3=O)cc2C1. The number of nitrogens with one attached hydrogen (secondary N) is 1. The molecule has 1 atom stereocenters. The van der Waals surface area contributed by atoms with E-state index in [-0.39, 0.29) is 35.7 Å². The van der Waals surface area contributed by atoms with Gasteiger partial charge < -0.3 is 0 Å². The number of halogens is 1. The summed E-state index contributed by atoms with van der Waals surface area (Å²) in [6, 6.07) is 10.5. The molecule has 0 aliphatic carbocycles. The third-order valence-electron chi connectivity index (χ3n) is 5.40. The van der Waals surface area contributed by atoms with E-state index >= 15 is 0 Å². The normalized spacial score (nSPS) is 20.1. The standard InChI is InChI=1S/C20H19ClN2O4S/c1-12-17(21)3-2-4-18(12)28(26,27)23-10-14-6-5-13(9-15(14)11-23)16-7-8-19(24)22-20(16)25/h2-6,9,16H,7-8,10-11H2,1H3,(H,22,24,25). The minimum atomic E-state index is -3.69. The molecule has 1 N–H and O–H groups in total. The van der Waals surface area contributed by atoms with Crippen molar-refractivity contribution in [3.8, 4) is 0 Å². The Bertz CT molecular complexity index is 1100. The fourth-order valence-electron chi connectivity index (χ4n) is 3.79. The first-order valence-electron chi connectivity index (χ1n) is 8.98. The number of hydrogen-bond acceptors (Lipinski definition) is 4. The zero-order valence-corrected chi connectivity index (χ0v) is 16.8. The van der Waals surface area contributed by atoms with Crippen LogP contribution >= 0.6 is 11.6 Å². The summed E-state index contributed by atoms with van der Waals surface area (Å²) < 4.78 is 27.7. The summed E-state index contributed by atoms with van der Waals surface area (Å²) in [6.45, 7) is 2.21. The van der Waals surface area contributed by atoms with E-state index in [9.17, 15) is 18.0 Å². The van der Waals surface area contributed by atoms with E-state index in [0.29, 0.717) is 23.4 Å². The number of hydrogen-bond donors (Lipinski definition) is 1. The molecule has 2 heterocycles. The van der Waals surface area contributed by atoms with Crippen LogP contribution in [0.5, 0.6) is 0 Å². The van der Waals surface area contributed by atoms with E-state index in [1.54, 1.807) is 25.1 Å². The Morgan fingerprint density at radius 3 is 2.61 bits per heavy atom. The van der Waals surface area contributed by atoms with Crippen molar-refractivity contribution in [2.75, 3.05) is 0 Å². The number of imide groups is 1. The van der Waals surface area contributed by atoms with E-state index < -0.39 is 10.0 Å². The minimum absolute atomic E-state index is 0.207. The molecule has 2 aliphatic heterocycles. The predicted octanol–water partition coefficient (Wildman–Crippen LogP) is 2.87. The van der Waals surface area contributed by atoms with Gasteiger partial charge in [0.15, 0.2) is 0 Å². The molecule has 1 saturated heterocycles. The molecule has 2 amide bonds. The number of piperidine rings is 1. The number of carbonyl (C=O) groups excluding carboxylic acids is 2. The molecule has 6 nitrogen and oxygen atoms in total.